The zero-order valence-electron chi connectivity index (χ0n) is 10.2. The third kappa shape index (κ3) is 2.80. The highest BCUT2D eigenvalue weighted by Gasteiger charge is 2.05. The highest BCUT2D eigenvalue weighted by molar-refractivity contribution is 7.71. The van der Waals surface area contributed by atoms with Crippen molar-refractivity contribution in [1.29, 1.82) is 0 Å². The second-order valence-electron chi connectivity index (χ2n) is 3.99. The summed E-state index contributed by atoms with van der Waals surface area (Å²) in [6, 6.07) is 6.58. The molecule has 0 unspecified atom stereocenters. The molecule has 5 heteroatoms. The lowest BCUT2D eigenvalue weighted by atomic mass is 10.1. The Kier molecular flexibility index (Phi) is 3.84. The van der Waals surface area contributed by atoms with Crippen LogP contribution in [-0.4, -0.2) is 17.1 Å². The van der Waals surface area contributed by atoms with Crippen LogP contribution in [0.5, 0.6) is 0 Å². The number of nitrogens with one attached hydrogen (secondary N) is 1. The fraction of sp³-hybridized carbons (Fsp3) is 0.231. The van der Waals surface area contributed by atoms with Gasteiger partial charge in [0.05, 0.1) is 6.61 Å². The third-order valence-electron chi connectivity index (χ3n) is 2.53. The predicted octanol–water partition coefficient (Wildman–Crippen LogP) is 3.40. The molecule has 18 heavy (non-hydrogen) atoms. The number of hydrogen-bond donors (Lipinski definition) is 1. The van der Waals surface area contributed by atoms with Gasteiger partial charge in [-0.15, -0.1) is 0 Å². The van der Waals surface area contributed by atoms with Crippen LogP contribution < -0.4 is 0 Å². The Labute approximate surface area is 110 Å². The summed E-state index contributed by atoms with van der Waals surface area (Å²) in [6.45, 7) is 2.14. The van der Waals surface area contributed by atoms with Crippen LogP contribution in [0.2, 0.25) is 0 Å². The van der Waals surface area contributed by atoms with Crippen LogP contribution in [0.4, 0.5) is 4.39 Å². The number of aromatic nitrogens is 2. The summed E-state index contributed by atoms with van der Waals surface area (Å²) in [5, 5.41) is 0. The molecule has 0 saturated carbocycles. The molecular formula is C13H13FN2OS. The van der Waals surface area contributed by atoms with Gasteiger partial charge in [0, 0.05) is 18.4 Å². The SMILES string of the molecule is COCc1cc(=S)nc(-c2ccc(F)c(C)c2)[nH]1. The summed E-state index contributed by atoms with van der Waals surface area (Å²) in [4.78, 5) is 7.36. The third-order valence-corrected chi connectivity index (χ3v) is 2.74. The second kappa shape index (κ2) is 5.37. The van der Waals surface area contributed by atoms with E-state index in [1.807, 2.05) is 0 Å². The Morgan fingerprint density at radius 3 is 2.83 bits per heavy atom. The first-order chi connectivity index (χ1) is 8.60. The lowest BCUT2D eigenvalue weighted by Crippen LogP contribution is -1.98. The molecule has 1 aromatic carbocycles. The van der Waals surface area contributed by atoms with Gasteiger partial charge < -0.3 is 9.72 Å². The zero-order valence-corrected chi connectivity index (χ0v) is 11.0. The topological polar surface area (TPSA) is 37.9 Å². The molecule has 1 heterocycles. The Hall–Kier alpha value is -1.59. The molecule has 2 aromatic rings. The first kappa shape index (κ1) is 12.9. The van der Waals surface area contributed by atoms with Crippen molar-refractivity contribution in [1.82, 2.24) is 9.97 Å². The van der Waals surface area contributed by atoms with Crippen molar-refractivity contribution in [3.63, 3.8) is 0 Å². The molecule has 0 atom stereocenters. The zero-order chi connectivity index (χ0) is 13.1. The van der Waals surface area contributed by atoms with Crippen LogP contribution in [0.15, 0.2) is 24.3 Å². The minimum Gasteiger partial charge on any atom is -0.378 e. The van der Waals surface area contributed by atoms with E-state index in [4.69, 9.17) is 17.0 Å². The van der Waals surface area contributed by atoms with Gasteiger partial charge in [-0.25, -0.2) is 9.37 Å². The van der Waals surface area contributed by atoms with Gasteiger partial charge in [0.2, 0.25) is 0 Å². The Bertz CT molecular complexity index is 625. The van der Waals surface area contributed by atoms with Crippen molar-refractivity contribution in [3.05, 3.63) is 46.0 Å². The summed E-state index contributed by atoms with van der Waals surface area (Å²) in [6.07, 6.45) is 0. The molecule has 94 valence electrons. The van der Waals surface area contributed by atoms with Crippen LogP contribution >= 0.6 is 12.2 Å². The van der Waals surface area contributed by atoms with Crippen molar-refractivity contribution in [2.75, 3.05) is 7.11 Å². The van der Waals surface area contributed by atoms with Crippen molar-refractivity contribution in [2.45, 2.75) is 13.5 Å². The molecule has 3 nitrogen and oxygen atoms in total. The smallest absolute Gasteiger partial charge is 0.139 e. The van der Waals surface area contributed by atoms with Crippen molar-refractivity contribution >= 4 is 12.2 Å². The van der Waals surface area contributed by atoms with E-state index in [0.717, 1.165) is 11.3 Å². The molecule has 0 aliphatic rings. The minimum absolute atomic E-state index is 0.231. The van der Waals surface area contributed by atoms with Crippen LogP contribution in [0.3, 0.4) is 0 Å². The van der Waals surface area contributed by atoms with E-state index < -0.39 is 0 Å². The van der Waals surface area contributed by atoms with Crippen molar-refractivity contribution in [3.8, 4) is 11.4 Å². The van der Waals surface area contributed by atoms with Crippen molar-refractivity contribution in [2.24, 2.45) is 0 Å². The molecule has 0 bridgehead atoms. The number of methoxy groups -OCH3 is 1. The summed E-state index contributed by atoms with van der Waals surface area (Å²) < 4.78 is 18.8. The van der Waals surface area contributed by atoms with E-state index >= 15 is 0 Å². The Balaban J connectivity index is 2.49. The van der Waals surface area contributed by atoms with Gasteiger partial charge >= 0.3 is 0 Å². The van der Waals surface area contributed by atoms with Gasteiger partial charge in [0.25, 0.3) is 0 Å². The largest absolute Gasteiger partial charge is 0.378 e. The number of aromatic amines is 1. The fourth-order valence-corrected chi connectivity index (χ4v) is 1.90. The molecule has 0 saturated heterocycles. The molecular weight excluding hydrogens is 251 g/mol. The quantitative estimate of drug-likeness (QED) is 0.863. The van der Waals surface area contributed by atoms with E-state index in [9.17, 15) is 4.39 Å². The standard InChI is InChI=1S/C13H13FN2OS/c1-8-5-9(3-4-11(8)14)13-15-10(7-17-2)6-12(18)16-13/h3-6H,7H2,1-2H3,(H,15,16,18). The lowest BCUT2D eigenvalue weighted by molar-refractivity contribution is 0.181. The summed E-state index contributed by atoms with van der Waals surface area (Å²) >= 11 is 5.10. The van der Waals surface area contributed by atoms with E-state index in [2.05, 4.69) is 9.97 Å². The normalized spacial score (nSPS) is 10.6. The summed E-state index contributed by atoms with van der Waals surface area (Å²) in [5.41, 5.74) is 2.22. The molecule has 0 aliphatic carbocycles. The van der Waals surface area contributed by atoms with E-state index in [-0.39, 0.29) is 5.82 Å². The molecule has 0 spiro atoms. The molecule has 1 N–H and O–H groups in total. The second-order valence-corrected chi connectivity index (χ2v) is 4.41. The van der Waals surface area contributed by atoms with Crippen LogP contribution in [0, 0.1) is 17.4 Å². The predicted molar refractivity (Wildman–Crippen MR) is 70.3 cm³/mol. The van der Waals surface area contributed by atoms with E-state index in [0.29, 0.717) is 22.6 Å². The molecule has 0 radical (unpaired) electrons. The maximum Gasteiger partial charge on any atom is 0.139 e. The lowest BCUT2D eigenvalue weighted by Gasteiger charge is -2.06. The number of H-pyrrole nitrogens is 1. The summed E-state index contributed by atoms with van der Waals surface area (Å²) in [7, 11) is 1.61. The summed E-state index contributed by atoms with van der Waals surface area (Å²) in [5.74, 6) is 0.392. The number of ether oxygens (including phenoxy) is 1. The van der Waals surface area contributed by atoms with Crippen LogP contribution in [-0.2, 0) is 11.3 Å². The average Bonchev–Trinajstić information content (AvgIpc) is 2.32. The molecule has 2 rings (SSSR count). The van der Waals surface area contributed by atoms with Gasteiger partial charge in [0.1, 0.15) is 16.3 Å². The number of rotatable bonds is 3. The number of benzene rings is 1. The minimum atomic E-state index is -0.231. The molecule has 0 amide bonds. The monoisotopic (exact) mass is 264 g/mol. The Morgan fingerprint density at radius 2 is 2.17 bits per heavy atom. The number of hydrogen-bond acceptors (Lipinski definition) is 3. The fourth-order valence-electron chi connectivity index (χ4n) is 1.67. The van der Waals surface area contributed by atoms with Crippen molar-refractivity contribution < 1.29 is 9.13 Å². The highest BCUT2D eigenvalue weighted by Crippen LogP contribution is 2.18. The van der Waals surface area contributed by atoms with Gasteiger partial charge in [-0.3, -0.25) is 0 Å². The first-order valence-electron chi connectivity index (χ1n) is 5.46. The molecule has 0 aliphatic heterocycles. The molecule has 0 fully saturated rings. The van der Waals surface area contributed by atoms with E-state index in [1.165, 1.54) is 6.07 Å². The number of aryl methyl sites for hydroxylation is 1. The Morgan fingerprint density at radius 1 is 1.39 bits per heavy atom. The first-order valence-corrected chi connectivity index (χ1v) is 5.86. The van der Waals surface area contributed by atoms with E-state index in [1.54, 1.807) is 32.2 Å². The number of nitrogens with zero attached hydrogens (tertiary/aromatic N) is 1. The van der Waals surface area contributed by atoms with Crippen LogP contribution in [0.1, 0.15) is 11.3 Å². The van der Waals surface area contributed by atoms with Gasteiger partial charge in [-0.05, 0) is 36.8 Å². The van der Waals surface area contributed by atoms with Gasteiger partial charge in [-0.2, -0.15) is 0 Å². The average molecular weight is 264 g/mol. The maximum atomic E-state index is 13.2. The van der Waals surface area contributed by atoms with Gasteiger partial charge in [-0.1, -0.05) is 12.2 Å². The molecule has 1 aromatic heterocycles. The van der Waals surface area contributed by atoms with Crippen LogP contribution in [0.25, 0.3) is 11.4 Å². The maximum absolute atomic E-state index is 13.2. The van der Waals surface area contributed by atoms with Gasteiger partial charge in [0.15, 0.2) is 0 Å². The number of halogens is 1. The highest BCUT2D eigenvalue weighted by atomic mass is 32.1.